The summed E-state index contributed by atoms with van der Waals surface area (Å²) >= 11 is 0. The molecule has 0 bridgehead atoms. The fourth-order valence-electron chi connectivity index (χ4n) is 3.70. The van der Waals surface area contributed by atoms with Gasteiger partial charge in [-0.05, 0) is 67.7 Å². The third kappa shape index (κ3) is 3.94. The van der Waals surface area contributed by atoms with Crippen molar-refractivity contribution in [1.29, 1.82) is 0 Å². The Morgan fingerprint density at radius 1 is 1.10 bits per heavy atom. The normalized spacial score (nSPS) is 12.9. The topological polar surface area (TPSA) is 75.0 Å². The highest BCUT2D eigenvalue weighted by Crippen LogP contribution is 2.30. The van der Waals surface area contributed by atoms with Crippen molar-refractivity contribution in [1.82, 2.24) is 0 Å². The van der Waals surface area contributed by atoms with E-state index in [2.05, 4.69) is 0 Å². The lowest BCUT2D eigenvalue weighted by atomic mass is 10.1. The first-order valence-corrected chi connectivity index (χ1v) is 9.88. The monoisotopic (exact) mass is 406 g/mol. The molecule has 0 saturated heterocycles. The van der Waals surface area contributed by atoms with Gasteiger partial charge in [0.25, 0.3) is 0 Å². The number of fused-ring (bicyclic) bond motifs is 3. The molecule has 3 aromatic rings. The Morgan fingerprint density at radius 2 is 1.93 bits per heavy atom. The Bertz CT molecular complexity index is 1190. The van der Waals surface area contributed by atoms with E-state index in [-0.39, 0.29) is 5.63 Å². The van der Waals surface area contributed by atoms with E-state index in [4.69, 9.17) is 18.6 Å². The summed E-state index contributed by atoms with van der Waals surface area (Å²) in [6.45, 7) is 2.43. The minimum Gasteiger partial charge on any atom is -0.493 e. The van der Waals surface area contributed by atoms with Gasteiger partial charge < -0.3 is 18.6 Å². The first kappa shape index (κ1) is 19.8. The second-order valence-corrected chi connectivity index (χ2v) is 6.96. The van der Waals surface area contributed by atoms with E-state index >= 15 is 0 Å². The molecule has 0 amide bonds. The molecule has 2 aromatic carbocycles. The zero-order chi connectivity index (χ0) is 21.1. The van der Waals surface area contributed by atoms with Crippen molar-refractivity contribution < 1.29 is 23.4 Å². The van der Waals surface area contributed by atoms with E-state index < -0.39 is 5.97 Å². The van der Waals surface area contributed by atoms with E-state index in [1.165, 1.54) is 6.08 Å². The second kappa shape index (κ2) is 8.45. The van der Waals surface area contributed by atoms with Gasteiger partial charge in [-0.2, -0.15) is 0 Å². The molecule has 154 valence electrons. The maximum Gasteiger partial charge on any atom is 0.339 e. The molecule has 0 N–H and O–H groups in total. The molecule has 0 unspecified atom stereocenters. The summed E-state index contributed by atoms with van der Waals surface area (Å²) in [6, 6.07) is 10.5. The van der Waals surface area contributed by atoms with Crippen LogP contribution in [-0.2, 0) is 17.6 Å². The second-order valence-electron chi connectivity index (χ2n) is 6.96. The lowest BCUT2D eigenvalue weighted by Gasteiger charge is -2.09. The molecular formula is C24H22O6. The molecule has 0 saturated carbocycles. The van der Waals surface area contributed by atoms with Crippen LogP contribution in [0.15, 0.2) is 51.7 Å². The number of aryl methyl sites for hydroxylation is 1. The van der Waals surface area contributed by atoms with Crippen LogP contribution >= 0.6 is 0 Å². The highest BCUT2D eigenvalue weighted by atomic mass is 16.5. The van der Waals surface area contributed by atoms with Crippen LogP contribution in [0.2, 0.25) is 0 Å². The van der Waals surface area contributed by atoms with Gasteiger partial charge in [-0.1, -0.05) is 6.07 Å². The summed E-state index contributed by atoms with van der Waals surface area (Å²) in [4.78, 5) is 24.4. The molecule has 6 nitrogen and oxygen atoms in total. The Morgan fingerprint density at radius 3 is 2.73 bits per heavy atom. The number of carbonyl (C=O) groups is 1. The van der Waals surface area contributed by atoms with Gasteiger partial charge in [-0.3, -0.25) is 0 Å². The minimum absolute atomic E-state index is 0.303. The quantitative estimate of drug-likeness (QED) is 0.263. The summed E-state index contributed by atoms with van der Waals surface area (Å²) in [5.41, 5.74) is 2.71. The number of carbonyl (C=O) groups excluding carboxylic acids is 1. The first-order valence-electron chi connectivity index (χ1n) is 9.88. The van der Waals surface area contributed by atoms with Crippen molar-refractivity contribution in [2.45, 2.75) is 26.2 Å². The Hall–Kier alpha value is -3.54. The summed E-state index contributed by atoms with van der Waals surface area (Å²) < 4.78 is 21.6. The van der Waals surface area contributed by atoms with Gasteiger partial charge >= 0.3 is 11.6 Å². The molecule has 6 heteroatoms. The van der Waals surface area contributed by atoms with Crippen molar-refractivity contribution in [3.8, 4) is 17.2 Å². The molecule has 4 rings (SSSR count). The maximum absolute atomic E-state index is 12.2. The summed E-state index contributed by atoms with van der Waals surface area (Å²) in [7, 11) is 1.56. The van der Waals surface area contributed by atoms with Crippen molar-refractivity contribution in [2.24, 2.45) is 0 Å². The fourth-order valence-corrected chi connectivity index (χ4v) is 3.70. The maximum atomic E-state index is 12.2. The Balaban J connectivity index is 1.51. The summed E-state index contributed by atoms with van der Waals surface area (Å²) in [5.74, 6) is 1.02. The minimum atomic E-state index is -0.536. The molecule has 0 radical (unpaired) electrons. The SMILES string of the molecule is CCOc1ccc(C=CC(=O)Oc2ccc3c4c(c(=O)oc3c2)CCC4)cc1OC. The van der Waals surface area contributed by atoms with Crippen LogP contribution in [0.3, 0.4) is 0 Å². The fraction of sp³-hybridized carbons (Fsp3) is 0.250. The zero-order valence-corrected chi connectivity index (χ0v) is 16.9. The standard InChI is InChI=1S/C24H22O6/c1-3-28-20-11-7-15(13-22(20)27-2)8-12-23(25)29-16-9-10-18-17-5-4-6-19(17)24(26)30-21(18)14-16/h7-14H,3-6H2,1-2H3. The van der Waals surface area contributed by atoms with Gasteiger partial charge in [0, 0.05) is 23.1 Å². The van der Waals surface area contributed by atoms with Gasteiger partial charge in [0.15, 0.2) is 11.5 Å². The molecule has 0 fully saturated rings. The van der Waals surface area contributed by atoms with E-state index in [9.17, 15) is 9.59 Å². The number of benzene rings is 2. The molecule has 1 aliphatic rings. The van der Waals surface area contributed by atoms with E-state index in [1.54, 1.807) is 37.5 Å². The highest BCUT2D eigenvalue weighted by molar-refractivity contribution is 5.90. The molecule has 1 heterocycles. The number of hydrogen-bond acceptors (Lipinski definition) is 6. The number of methoxy groups -OCH3 is 1. The van der Waals surface area contributed by atoms with Crippen LogP contribution in [0.25, 0.3) is 17.0 Å². The largest absolute Gasteiger partial charge is 0.493 e. The number of rotatable bonds is 6. The van der Waals surface area contributed by atoms with Crippen molar-refractivity contribution in [3.63, 3.8) is 0 Å². The van der Waals surface area contributed by atoms with Crippen LogP contribution in [0.5, 0.6) is 17.2 Å². The van der Waals surface area contributed by atoms with Crippen LogP contribution in [0.1, 0.15) is 30.0 Å². The van der Waals surface area contributed by atoms with Gasteiger partial charge in [0.2, 0.25) is 0 Å². The zero-order valence-electron chi connectivity index (χ0n) is 16.9. The van der Waals surface area contributed by atoms with E-state index in [1.807, 2.05) is 19.1 Å². The van der Waals surface area contributed by atoms with Crippen molar-refractivity contribution in [3.05, 3.63) is 69.6 Å². The molecule has 1 aliphatic carbocycles. The highest BCUT2D eigenvalue weighted by Gasteiger charge is 2.19. The molecule has 0 atom stereocenters. The number of ether oxygens (including phenoxy) is 3. The smallest absolute Gasteiger partial charge is 0.339 e. The van der Waals surface area contributed by atoms with E-state index in [0.717, 1.165) is 41.3 Å². The molecule has 30 heavy (non-hydrogen) atoms. The van der Waals surface area contributed by atoms with E-state index in [0.29, 0.717) is 29.4 Å². The molecular weight excluding hydrogens is 384 g/mol. The number of hydrogen-bond donors (Lipinski definition) is 0. The van der Waals surface area contributed by atoms with Crippen LogP contribution in [0, 0.1) is 0 Å². The predicted molar refractivity (Wildman–Crippen MR) is 113 cm³/mol. The average molecular weight is 406 g/mol. The van der Waals surface area contributed by atoms with Crippen molar-refractivity contribution >= 4 is 23.0 Å². The van der Waals surface area contributed by atoms with Crippen LogP contribution in [0.4, 0.5) is 0 Å². The van der Waals surface area contributed by atoms with Gasteiger partial charge in [0.1, 0.15) is 11.3 Å². The predicted octanol–water partition coefficient (Wildman–Crippen LogP) is 4.31. The van der Waals surface area contributed by atoms with Crippen molar-refractivity contribution in [2.75, 3.05) is 13.7 Å². The number of esters is 1. The third-order valence-corrected chi connectivity index (χ3v) is 5.06. The third-order valence-electron chi connectivity index (χ3n) is 5.06. The first-order chi connectivity index (χ1) is 14.6. The van der Waals surface area contributed by atoms with Crippen LogP contribution < -0.4 is 19.8 Å². The van der Waals surface area contributed by atoms with Crippen LogP contribution in [-0.4, -0.2) is 19.7 Å². The lowest BCUT2D eigenvalue weighted by molar-refractivity contribution is -0.128. The molecule has 0 aliphatic heterocycles. The Labute approximate surface area is 173 Å². The summed E-state index contributed by atoms with van der Waals surface area (Å²) in [5, 5.41) is 0.902. The molecule has 1 aromatic heterocycles. The van der Waals surface area contributed by atoms with Gasteiger partial charge in [0.05, 0.1) is 13.7 Å². The summed E-state index contributed by atoms with van der Waals surface area (Å²) in [6.07, 6.45) is 5.54. The Kier molecular flexibility index (Phi) is 5.57. The molecule has 0 spiro atoms. The van der Waals surface area contributed by atoms with Gasteiger partial charge in [-0.15, -0.1) is 0 Å². The van der Waals surface area contributed by atoms with Gasteiger partial charge in [-0.25, -0.2) is 9.59 Å². The lowest BCUT2D eigenvalue weighted by Crippen LogP contribution is -2.07. The average Bonchev–Trinajstić information content (AvgIpc) is 3.24.